The molecule has 7 heteroatoms. The van der Waals surface area contributed by atoms with Gasteiger partial charge in [-0.3, -0.25) is 9.13 Å². The molecule has 1 N–H and O–H groups in total. The van der Waals surface area contributed by atoms with Crippen LogP contribution in [-0.4, -0.2) is 29.8 Å². The second kappa shape index (κ2) is 9.77. The number of aromatic amines is 1. The van der Waals surface area contributed by atoms with E-state index >= 15 is 0 Å². The summed E-state index contributed by atoms with van der Waals surface area (Å²) in [6.07, 6.45) is 5.03. The summed E-state index contributed by atoms with van der Waals surface area (Å²) >= 11 is 0. The number of aryl methyl sites for hydroxylation is 1. The van der Waals surface area contributed by atoms with Gasteiger partial charge in [-0.1, -0.05) is 75.7 Å². The molecule has 32 heavy (non-hydrogen) atoms. The van der Waals surface area contributed by atoms with Crippen LogP contribution in [-0.2, 0) is 19.5 Å². The molecule has 0 fully saturated rings. The average Bonchev–Trinajstić information content (AvgIpc) is 3.43. The van der Waals surface area contributed by atoms with Gasteiger partial charge in [0.2, 0.25) is 5.82 Å². The van der Waals surface area contributed by atoms with Gasteiger partial charge in [0.1, 0.15) is 0 Å². The fourth-order valence-electron chi connectivity index (χ4n) is 4.00. The van der Waals surface area contributed by atoms with Gasteiger partial charge in [0.15, 0.2) is 0 Å². The zero-order chi connectivity index (χ0) is 22.5. The van der Waals surface area contributed by atoms with Crippen molar-refractivity contribution in [2.24, 2.45) is 5.92 Å². The molecule has 4 rings (SSSR count). The number of H-pyrrole nitrogens is 1. The highest BCUT2D eigenvalue weighted by Crippen LogP contribution is 2.29. The van der Waals surface area contributed by atoms with Crippen molar-refractivity contribution in [1.82, 2.24) is 29.8 Å². The molecule has 2 aromatic heterocycles. The maximum atomic E-state index is 13.0. The largest absolute Gasteiger partial charge is 0.328 e. The minimum Gasteiger partial charge on any atom is -0.299 e. The number of hydrogen-bond acceptors (Lipinski definition) is 4. The monoisotopic (exact) mass is 430 g/mol. The molecule has 0 atom stereocenters. The molecule has 0 radical (unpaired) electrons. The van der Waals surface area contributed by atoms with E-state index in [0.717, 1.165) is 53.8 Å². The Labute approximate surface area is 188 Å². The summed E-state index contributed by atoms with van der Waals surface area (Å²) in [5.41, 5.74) is 5.34. The summed E-state index contributed by atoms with van der Waals surface area (Å²) < 4.78 is 3.80. The second-order valence-corrected chi connectivity index (χ2v) is 8.61. The van der Waals surface area contributed by atoms with Crippen LogP contribution in [0.4, 0.5) is 0 Å². The van der Waals surface area contributed by atoms with Gasteiger partial charge in [0.05, 0.1) is 6.54 Å². The summed E-state index contributed by atoms with van der Waals surface area (Å²) in [7, 11) is 0. The van der Waals surface area contributed by atoms with Crippen molar-refractivity contribution in [2.45, 2.75) is 53.1 Å². The van der Waals surface area contributed by atoms with Crippen molar-refractivity contribution < 1.29 is 0 Å². The number of benzene rings is 2. The van der Waals surface area contributed by atoms with Gasteiger partial charge in [-0.25, -0.2) is 4.79 Å². The first-order chi connectivity index (χ1) is 15.6. The van der Waals surface area contributed by atoms with Crippen molar-refractivity contribution in [3.8, 4) is 22.5 Å². The number of rotatable bonds is 9. The predicted octanol–water partition coefficient (Wildman–Crippen LogP) is 4.54. The third-order valence-corrected chi connectivity index (χ3v) is 5.62. The summed E-state index contributed by atoms with van der Waals surface area (Å²) in [6.45, 7) is 7.88. The highest BCUT2D eigenvalue weighted by atomic mass is 16.1. The van der Waals surface area contributed by atoms with Crippen molar-refractivity contribution in [3.05, 3.63) is 76.5 Å². The van der Waals surface area contributed by atoms with E-state index in [9.17, 15) is 4.79 Å². The summed E-state index contributed by atoms with van der Waals surface area (Å²) in [6, 6.07) is 16.4. The number of tetrazole rings is 1. The fourth-order valence-corrected chi connectivity index (χ4v) is 4.00. The molecular formula is C25H30N6O. The van der Waals surface area contributed by atoms with Crippen LogP contribution in [0.5, 0.6) is 0 Å². The van der Waals surface area contributed by atoms with Gasteiger partial charge in [0, 0.05) is 24.0 Å². The van der Waals surface area contributed by atoms with E-state index in [0.29, 0.717) is 18.3 Å². The Morgan fingerprint density at radius 1 is 1.03 bits per heavy atom. The van der Waals surface area contributed by atoms with Crippen molar-refractivity contribution in [3.63, 3.8) is 0 Å². The van der Waals surface area contributed by atoms with Gasteiger partial charge in [-0.2, -0.15) is 5.21 Å². The van der Waals surface area contributed by atoms with Crippen LogP contribution in [0.2, 0.25) is 0 Å². The van der Waals surface area contributed by atoms with Crippen molar-refractivity contribution in [2.75, 3.05) is 0 Å². The number of nitrogens with zero attached hydrogens (tertiary/aromatic N) is 5. The summed E-state index contributed by atoms with van der Waals surface area (Å²) in [5, 5.41) is 14.4. The Kier molecular flexibility index (Phi) is 6.63. The first-order valence-electron chi connectivity index (χ1n) is 11.3. The zero-order valence-electron chi connectivity index (χ0n) is 19.0. The molecular weight excluding hydrogens is 400 g/mol. The lowest BCUT2D eigenvalue weighted by Gasteiger charge is -2.11. The standard InChI is InChI=1S/C25H30N6O/c1-4-5-14-30-17-21(15-18(2)3)31(25(30)32)16-19-10-12-20(13-11-19)22-8-6-7-9-23(22)24-26-28-29-27-24/h6-13,17-18H,4-5,14-16H2,1-3H3,(H,26,27,28,29). The van der Waals surface area contributed by atoms with Crippen LogP contribution in [0.3, 0.4) is 0 Å². The molecule has 0 aliphatic carbocycles. The zero-order valence-corrected chi connectivity index (χ0v) is 19.0. The van der Waals surface area contributed by atoms with Gasteiger partial charge >= 0.3 is 5.69 Å². The van der Waals surface area contributed by atoms with Crippen LogP contribution in [0.15, 0.2) is 59.5 Å². The molecule has 0 spiro atoms. The molecule has 0 bridgehead atoms. The van der Waals surface area contributed by atoms with E-state index in [1.165, 1.54) is 0 Å². The summed E-state index contributed by atoms with van der Waals surface area (Å²) in [5.74, 6) is 1.06. The van der Waals surface area contributed by atoms with E-state index in [2.05, 4.69) is 71.7 Å². The van der Waals surface area contributed by atoms with Gasteiger partial charge < -0.3 is 0 Å². The van der Waals surface area contributed by atoms with Crippen molar-refractivity contribution >= 4 is 0 Å². The van der Waals surface area contributed by atoms with Crippen LogP contribution >= 0.6 is 0 Å². The highest BCUT2D eigenvalue weighted by molar-refractivity contribution is 5.80. The maximum absolute atomic E-state index is 13.0. The molecule has 2 aromatic carbocycles. The second-order valence-electron chi connectivity index (χ2n) is 8.61. The molecule has 0 unspecified atom stereocenters. The molecule has 0 aliphatic rings. The average molecular weight is 431 g/mol. The lowest BCUT2D eigenvalue weighted by Crippen LogP contribution is -2.26. The Bertz CT molecular complexity index is 1200. The first-order valence-corrected chi connectivity index (χ1v) is 11.3. The topological polar surface area (TPSA) is 81.4 Å². The van der Waals surface area contributed by atoms with E-state index < -0.39 is 0 Å². The molecule has 0 amide bonds. The Morgan fingerprint density at radius 2 is 1.78 bits per heavy atom. The Hall–Kier alpha value is -3.48. The number of hydrogen-bond donors (Lipinski definition) is 1. The Balaban J connectivity index is 1.62. The maximum Gasteiger partial charge on any atom is 0.328 e. The van der Waals surface area contributed by atoms with Gasteiger partial charge in [-0.05, 0) is 40.7 Å². The van der Waals surface area contributed by atoms with E-state index in [1.54, 1.807) is 0 Å². The van der Waals surface area contributed by atoms with Gasteiger partial charge in [-0.15, -0.1) is 10.2 Å². The van der Waals surface area contributed by atoms with Crippen LogP contribution < -0.4 is 5.69 Å². The SMILES string of the molecule is CCCCn1cc(CC(C)C)n(Cc2ccc(-c3ccccc3-c3nn[nH]n3)cc2)c1=O. The Morgan fingerprint density at radius 3 is 2.44 bits per heavy atom. The number of nitrogens with one attached hydrogen (secondary N) is 1. The third-order valence-electron chi connectivity index (χ3n) is 5.62. The third kappa shape index (κ3) is 4.72. The van der Waals surface area contributed by atoms with E-state index in [-0.39, 0.29) is 5.69 Å². The summed E-state index contributed by atoms with van der Waals surface area (Å²) in [4.78, 5) is 13.0. The smallest absolute Gasteiger partial charge is 0.299 e. The number of unbranched alkanes of at least 4 members (excludes halogenated alkanes) is 1. The molecule has 7 nitrogen and oxygen atoms in total. The highest BCUT2D eigenvalue weighted by Gasteiger charge is 2.14. The fraction of sp³-hybridized carbons (Fsp3) is 0.360. The molecule has 0 aliphatic heterocycles. The van der Waals surface area contributed by atoms with Crippen molar-refractivity contribution in [1.29, 1.82) is 0 Å². The van der Waals surface area contributed by atoms with Crippen LogP contribution in [0, 0.1) is 5.92 Å². The molecule has 2 heterocycles. The minimum atomic E-state index is 0.0839. The van der Waals surface area contributed by atoms with E-state index in [4.69, 9.17) is 0 Å². The normalized spacial score (nSPS) is 11.4. The predicted molar refractivity (Wildman–Crippen MR) is 126 cm³/mol. The molecule has 4 aromatic rings. The minimum absolute atomic E-state index is 0.0839. The van der Waals surface area contributed by atoms with Gasteiger partial charge in [0.25, 0.3) is 0 Å². The molecule has 166 valence electrons. The number of imidazole rings is 1. The molecule has 0 saturated heterocycles. The first kappa shape index (κ1) is 21.7. The lowest BCUT2D eigenvalue weighted by molar-refractivity contribution is 0.582. The molecule has 0 saturated carbocycles. The quantitative estimate of drug-likeness (QED) is 0.423. The van der Waals surface area contributed by atoms with E-state index in [1.807, 2.05) is 33.5 Å². The lowest BCUT2D eigenvalue weighted by atomic mass is 9.98. The van der Waals surface area contributed by atoms with Crippen LogP contribution in [0.1, 0.15) is 44.9 Å². The number of aromatic nitrogens is 6. The van der Waals surface area contributed by atoms with Crippen LogP contribution in [0.25, 0.3) is 22.5 Å².